The first-order chi connectivity index (χ1) is 8.50. The molecule has 0 saturated carbocycles. The first-order valence-electron chi connectivity index (χ1n) is 5.99. The van der Waals surface area contributed by atoms with E-state index >= 15 is 0 Å². The molecule has 1 unspecified atom stereocenters. The van der Waals surface area contributed by atoms with Gasteiger partial charge in [-0.05, 0) is 19.8 Å². The highest BCUT2D eigenvalue weighted by Crippen LogP contribution is 2.23. The number of carbonyl (C=O) groups is 3. The highest BCUT2D eigenvalue weighted by Gasteiger charge is 2.41. The fourth-order valence-electron chi connectivity index (χ4n) is 2.35. The zero-order valence-electron chi connectivity index (χ0n) is 10.3. The Morgan fingerprint density at radius 1 is 1.50 bits per heavy atom. The highest BCUT2D eigenvalue weighted by atomic mass is 16.4. The highest BCUT2D eigenvalue weighted by molar-refractivity contribution is 5.95. The lowest BCUT2D eigenvalue weighted by Gasteiger charge is -2.35. The fraction of sp³-hybridized carbons (Fsp3) is 0.583. The molecule has 6 nitrogen and oxygen atoms in total. The average Bonchev–Trinajstić information content (AvgIpc) is 2.81. The van der Waals surface area contributed by atoms with Gasteiger partial charge in [-0.2, -0.15) is 0 Å². The molecule has 2 amide bonds. The van der Waals surface area contributed by atoms with Gasteiger partial charge >= 0.3 is 5.97 Å². The van der Waals surface area contributed by atoms with E-state index in [0.717, 1.165) is 6.42 Å². The average molecular weight is 252 g/mol. The summed E-state index contributed by atoms with van der Waals surface area (Å²) < 4.78 is 0. The van der Waals surface area contributed by atoms with Crippen molar-refractivity contribution in [2.45, 2.75) is 25.8 Å². The van der Waals surface area contributed by atoms with Gasteiger partial charge in [-0.15, -0.1) is 0 Å². The van der Waals surface area contributed by atoms with Crippen LogP contribution in [0.2, 0.25) is 0 Å². The van der Waals surface area contributed by atoms with Gasteiger partial charge in [0, 0.05) is 18.7 Å². The molecule has 98 valence electrons. The minimum absolute atomic E-state index is 0.0431. The van der Waals surface area contributed by atoms with Crippen LogP contribution in [0, 0.1) is 0 Å². The summed E-state index contributed by atoms with van der Waals surface area (Å²) in [7, 11) is 0. The molecule has 0 bridgehead atoms. The van der Waals surface area contributed by atoms with Gasteiger partial charge in [0.05, 0.1) is 0 Å². The molecule has 1 atom stereocenters. The quantitative estimate of drug-likeness (QED) is 0.709. The van der Waals surface area contributed by atoms with Crippen molar-refractivity contribution in [3.63, 3.8) is 0 Å². The van der Waals surface area contributed by atoms with Gasteiger partial charge < -0.3 is 14.9 Å². The van der Waals surface area contributed by atoms with Gasteiger partial charge in [0.2, 0.25) is 11.8 Å². The van der Waals surface area contributed by atoms with Crippen LogP contribution in [-0.2, 0) is 14.4 Å². The zero-order chi connectivity index (χ0) is 13.3. The van der Waals surface area contributed by atoms with E-state index in [0.29, 0.717) is 13.0 Å². The molecule has 0 aromatic carbocycles. The Morgan fingerprint density at radius 3 is 2.89 bits per heavy atom. The van der Waals surface area contributed by atoms with Crippen LogP contribution in [0.25, 0.3) is 0 Å². The summed E-state index contributed by atoms with van der Waals surface area (Å²) in [6.45, 7) is 2.37. The number of nitrogens with zero attached hydrogens (tertiary/aromatic N) is 2. The molecule has 0 radical (unpaired) electrons. The molecule has 0 spiro atoms. The molecule has 1 N–H and O–H groups in total. The van der Waals surface area contributed by atoms with Crippen molar-refractivity contribution in [3.05, 3.63) is 11.6 Å². The number of carboxylic acids is 1. The summed E-state index contributed by atoms with van der Waals surface area (Å²) in [5.41, 5.74) is 0.184. The van der Waals surface area contributed by atoms with E-state index in [1.807, 2.05) is 0 Å². The number of carboxylic acid groups (broad SMARTS) is 1. The summed E-state index contributed by atoms with van der Waals surface area (Å²) in [5.74, 6) is -1.12. The molecule has 18 heavy (non-hydrogen) atoms. The molecule has 0 aromatic heterocycles. The number of fused-ring (bicyclic) bond motifs is 1. The number of hydrogen-bond acceptors (Lipinski definition) is 3. The van der Waals surface area contributed by atoms with Crippen molar-refractivity contribution in [2.24, 2.45) is 0 Å². The number of hydrogen-bond donors (Lipinski definition) is 1. The minimum Gasteiger partial charge on any atom is -0.478 e. The summed E-state index contributed by atoms with van der Waals surface area (Å²) in [5, 5.41) is 8.73. The van der Waals surface area contributed by atoms with Crippen LogP contribution in [0.5, 0.6) is 0 Å². The molecule has 2 aliphatic rings. The van der Waals surface area contributed by atoms with Gasteiger partial charge in [0.25, 0.3) is 0 Å². The van der Waals surface area contributed by atoms with Crippen molar-refractivity contribution >= 4 is 17.8 Å². The number of rotatable bonds is 3. The number of carbonyl (C=O) groups excluding carboxylic acids is 2. The number of amides is 2. The maximum atomic E-state index is 12.1. The van der Waals surface area contributed by atoms with Crippen molar-refractivity contribution in [1.82, 2.24) is 9.80 Å². The topological polar surface area (TPSA) is 77.9 Å². The summed E-state index contributed by atoms with van der Waals surface area (Å²) in [6, 6.07) is -0.329. The molecule has 0 aliphatic carbocycles. The van der Waals surface area contributed by atoms with Gasteiger partial charge in [0.15, 0.2) is 0 Å². The second-order valence-corrected chi connectivity index (χ2v) is 4.66. The Hall–Kier alpha value is -1.85. The van der Waals surface area contributed by atoms with Gasteiger partial charge in [-0.3, -0.25) is 9.59 Å². The first kappa shape index (κ1) is 12.6. The van der Waals surface area contributed by atoms with Crippen LogP contribution in [0.15, 0.2) is 11.6 Å². The van der Waals surface area contributed by atoms with Crippen LogP contribution in [0.3, 0.4) is 0 Å². The van der Waals surface area contributed by atoms with Gasteiger partial charge in [0.1, 0.15) is 12.6 Å². The predicted molar refractivity (Wildman–Crippen MR) is 62.7 cm³/mol. The lowest BCUT2D eigenvalue weighted by molar-refractivity contribution is -0.152. The second-order valence-electron chi connectivity index (χ2n) is 4.66. The van der Waals surface area contributed by atoms with E-state index in [1.54, 1.807) is 4.90 Å². The van der Waals surface area contributed by atoms with E-state index in [9.17, 15) is 14.4 Å². The molecule has 2 rings (SSSR count). The van der Waals surface area contributed by atoms with Crippen molar-refractivity contribution in [3.8, 4) is 0 Å². The van der Waals surface area contributed by atoms with Crippen LogP contribution in [0.1, 0.15) is 19.8 Å². The third kappa shape index (κ3) is 2.23. The lowest BCUT2D eigenvalue weighted by Crippen LogP contribution is -2.57. The van der Waals surface area contributed by atoms with E-state index in [-0.39, 0.29) is 36.5 Å². The Kier molecular flexibility index (Phi) is 3.36. The Labute approximate surface area is 105 Å². The zero-order valence-corrected chi connectivity index (χ0v) is 10.3. The summed E-state index contributed by atoms with van der Waals surface area (Å²) >= 11 is 0. The molecular formula is C12H16N2O4. The predicted octanol–water partition coefficient (Wildman–Crippen LogP) is -0.150. The molecular weight excluding hydrogens is 236 g/mol. The SMILES string of the molecule is CC(=CCN1CC(=O)N2CCCC2C1=O)C(=O)O. The molecule has 2 aliphatic heterocycles. The molecule has 2 heterocycles. The molecule has 2 saturated heterocycles. The van der Waals surface area contributed by atoms with E-state index in [4.69, 9.17) is 5.11 Å². The Morgan fingerprint density at radius 2 is 2.22 bits per heavy atom. The minimum atomic E-state index is -1.01. The Bertz CT molecular complexity index is 430. The summed E-state index contributed by atoms with van der Waals surface area (Å²) in [6.07, 6.45) is 3.04. The van der Waals surface area contributed by atoms with Crippen LogP contribution < -0.4 is 0 Å². The van der Waals surface area contributed by atoms with Gasteiger partial charge in [-0.25, -0.2) is 4.79 Å². The lowest BCUT2D eigenvalue weighted by atomic mass is 10.1. The second kappa shape index (κ2) is 4.80. The van der Waals surface area contributed by atoms with Crippen LogP contribution in [-0.4, -0.2) is 58.4 Å². The van der Waals surface area contributed by atoms with E-state index in [2.05, 4.69) is 0 Å². The van der Waals surface area contributed by atoms with Crippen LogP contribution in [0.4, 0.5) is 0 Å². The molecule has 6 heteroatoms. The number of aliphatic carboxylic acids is 1. The van der Waals surface area contributed by atoms with Crippen molar-refractivity contribution in [1.29, 1.82) is 0 Å². The van der Waals surface area contributed by atoms with E-state index < -0.39 is 5.97 Å². The standard InChI is InChI=1S/C12H16N2O4/c1-8(12(17)18)4-6-13-7-10(15)14-5-2-3-9(14)11(13)16/h4,9H,2-3,5-7H2,1H3,(H,17,18). The van der Waals surface area contributed by atoms with Crippen molar-refractivity contribution < 1.29 is 19.5 Å². The van der Waals surface area contributed by atoms with Crippen molar-refractivity contribution in [2.75, 3.05) is 19.6 Å². The fourth-order valence-corrected chi connectivity index (χ4v) is 2.35. The monoisotopic (exact) mass is 252 g/mol. The van der Waals surface area contributed by atoms with Gasteiger partial charge in [-0.1, -0.05) is 6.08 Å². The summed E-state index contributed by atoms with van der Waals surface area (Å²) in [4.78, 5) is 37.6. The van der Waals surface area contributed by atoms with E-state index in [1.165, 1.54) is 17.9 Å². The first-order valence-corrected chi connectivity index (χ1v) is 5.99. The third-order valence-corrected chi connectivity index (χ3v) is 3.45. The molecule has 2 fully saturated rings. The van der Waals surface area contributed by atoms with Crippen LogP contribution >= 0.6 is 0 Å². The normalized spacial score (nSPS) is 24.5. The number of piperazine rings is 1. The largest absolute Gasteiger partial charge is 0.478 e. The maximum Gasteiger partial charge on any atom is 0.331 e. The third-order valence-electron chi connectivity index (χ3n) is 3.45. The maximum absolute atomic E-state index is 12.1. The smallest absolute Gasteiger partial charge is 0.331 e. The Balaban J connectivity index is 2.06. The molecule has 0 aromatic rings.